The molecule has 0 aliphatic heterocycles. The monoisotopic (exact) mass is 353 g/mol. The van der Waals surface area contributed by atoms with Gasteiger partial charge in [0.05, 0.1) is 22.8 Å². The van der Waals surface area contributed by atoms with Crippen molar-refractivity contribution in [2.75, 3.05) is 18.2 Å². The maximum atomic E-state index is 12.1. The fraction of sp³-hybridized carbons (Fsp3) is 0.188. The first-order valence-corrected chi connectivity index (χ1v) is 8.86. The molecule has 0 aliphatic rings. The molecule has 2 aromatic carbocycles. The van der Waals surface area contributed by atoms with E-state index in [1.165, 1.54) is 19.2 Å². The van der Waals surface area contributed by atoms with Gasteiger partial charge in [0.2, 0.25) is 5.91 Å². The van der Waals surface area contributed by atoms with E-state index in [0.717, 1.165) is 0 Å². The number of rotatable bonds is 6. The van der Waals surface area contributed by atoms with Gasteiger partial charge in [0.1, 0.15) is 5.75 Å². The second-order valence-corrected chi connectivity index (χ2v) is 7.30. The topological polar surface area (TPSA) is 72.5 Å². The second kappa shape index (κ2) is 7.48. The van der Waals surface area contributed by atoms with Crippen molar-refractivity contribution in [2.45, 2.75) is 11.3 Å². The third-order valence-corrected chi connectivity index (χ3v) is 5.16. The molecule has 122 valence electrons. The van der Waals surface area contributed by atoms with E-state index in [1.54, 1.807) is 36.4 Å². The highest BCUT2D eigenvalue weighted by Gasteiger charge is 2.16. The van der Waals surface area contributed by atoms with E-state index in [0.29, 0.717) is 16.5 Å². The lowest BCUT2D eigenvalue weighted by Crippen LogP contribution is -2.17. The van der Waals surface area contributed by atoms with E-state index in [4.69, 9.17) is 16.3 Å². The molecule has 0 unspecified atom stereocenters. The van der Waals surface area contributed by atoms with Crippen molar-refractivity contribution in [3.63, 3.8) is 0 Å². The number of amides is 1. The summed E-state index contributed by atoms with van der Waals surface area (Å²) in [5, 5.41) is 2.98. The molecule has 1 amide bonds. The number of hydrogen-bond donors (Lipinski definition) is 1. The Morgan fingerprint density at radius 2 is 1.87 bits per heavy atom. The van der Waals surface area contributed by atoms with Crippen LogP contribution < -0.4 is 10.1 Å². The summed E-state index contributed by atoms with van der Waals surface area (Å²) in [7, 11) is -1.98. The van der Waals surface area contributed by atoms with Crippen molar-refractivity contribution in [3.8, 4) is 5.75 Å². The van der Waals surface area contributed by atoms with Crippen LogP contribution in [-0.2, 0) is 14.6 Å². The molecule has 5 nitrogen and oxygen atoms in total. The first-order chi connectivity index (χ1) is 10.9. The van der Waals surface area contributed by atoms with Gasteiger partial charge in [-0.05, 0) is 30.3 Å². The van der Waals surface area contributed by atoms with Crippen LogP contribution in [0.4, 0.5) is 5.69 Å². The van der Waals surface area contributed by atoms with Crippen molar-refractivity contribution in [1.29, 1.82) is 0 Å². The third kappa shape index (κ3) is 4.71. The molecule has 0 radical (unpaired) electrons. The fourth-order valence-corrected chi connectivity index (χ4v) is 3.46. The van der Waals surface area contributed by atoms with Crippen molar-refractivity contribution < 1.29 is 17.9 Å². The van der Waals surface area contributed by atoms with E-state index in [-0.39, 0.29) is 17.1 Å². The predicted molar refractivity (Wildman–Crippen MR) is 89.7 cm³/mol. The first kappa shape index (κ1) is 17.3. The smallest absolute Gasteiger partial charge is 0.225 e. The number of nitrogens with one attached hydrogen (secondary N) is 1. The number of carbonyl (C=O) groups is 1. The average molecular weight is 354 g/mol. The van der Waals surface area contributed by atoms with Gasteiger partial charge in [-0.3, -0.25) is 4.79 Å². The van der Waals surface area contributed by atoms with Crippen LogP contribution in [0.2, 0.25) is 5.02 Å². The summed E-state index contributed by atoms with van der Waals surface area (Å²) in [4.78, 5) is 12.1. The standard InChI is InChI=1S/C16H16ClNO4S/c1-22-15-8-7-12(11-14(15)17)18-16(19)9-10-23(20,21)13-5-3-2-4-6-13/h2-8,11H,9-10H2,1H3,(H,18,19). The van der Waals surface area contributed by atoms with Gasteiger partial charge in [-0.1, -0.05) is 29.8 Å². The maximum Gasteiger partial charge on any atom is 0.225 e. The van der Waals surface area contributed by atoms with Crippen LogP contribution in [0.1, 0.15) is 6.42 Å². The Labute approximate surface area is 140 Å². The summed E-state index contributed by atoms with van der Waals surface area (Å²) in [6.45, 7) is 0. The Balaban J connectivity index is 1.96. The van der Waals surface area contributed by atoms with Crippen molar-refractivity contribution in [3.05, 3.63) is 53.6 Å². The summed E-state index contributed by atoms with van der Waals surface area (Å²) in [5.41, 5.74) is 0.484. The van der Waals surface area contributed by atoms with Crippen LogP contribution in [0.3, 0.4) is 0 Å². The van der Waals surface area contributed by atoms with Crippen LogP contribution in [0.25, 0.3) is 0 Å². The van der Waals surface area contributed by atoms with Gasteiger partial charge in [-0.25, -0.2) is 8.42 Å². The van der Waals surface area contributed by atoms with Crippen LogP contribution in [-0.4, -0.2) is 27.2 Å². The highest BCUT2D eigenvalue weighted by Crippen LogP contribution is 2.27. The molecule has 2 rings (SSSR count). The maximum absolute atomic E-state index is 12.1. The average Bonchev–Trinajstić information content (AvgIpc) is 2.54. The van der Waals surface area contributed by atoms with Gasteiger partial charge in [0.15, 0.2) is 9.84 Å². The fourth-order valence-electron chi connectivity index (χ4n) is 1.94. The lowest BCUT2D eigenvalue weighted by atomic mass is 10.3. The van der Waals surface area contributed by atoms with Gasteiger partial charge in [0.25, 0.3) is 0 Å². The number of sulfone groups is 1. The molecule has 0 bridgehead atoms. The van der Waals surface area contributed by atoms with Crippen LogP contribution in [0, 0.1) is 0 Å². The molecule has 0 saturated heterocycles. The highest BCUT2D eigenvalue weighted by molar-refractivity contribution is 7.91. The number of halogens is 1. The largest absolute Gasteiger partial charge is 0.495 e. The summed E-state index contributed by atoms with van der Waals surface area (Å²) < 4.78 is 29.2. The normalized spacial score (nSPS) is 11.0. The van der Waals surface area contributed by atoms with E-state index < -0.39 is 15.7 Å². The third-order valence-electron chi connectivity index (χ3n) is 3.14. The summed E-state index contributed by atoms with van der Waals surface area (Å²) >= 11 is 5.97. The highest BCUT2D eigenvalue weighted by atomic mass is 35.5. The van der Waals surface area contributed by atoms with E-state index in [9.17, 15) is 13.2 Å². The first-order valence-electron chi connectivity index (χ1n) is 6.83. The van der Waals surface area contributed by atoms with Gasteiger partial charge < -0.3 is 10.1 Å². The molecule has 0 heterocycles. The number of hydrogen-bond acceptors (Lipinski definition) is 4. The number of methoxy groups -OCH3 is 1. The molecule has 1 N–H and O–H groups in total. The SMILES string of the molecule is COc1ccc(NC(=O)CCS(=O)(=O)c2ccccc2)cc1Cl. The summed E-state index contributed by atoms with van der Waals surface area (Å²) in [6.07, 6.45) is -0.138. The number of carbonyl (C=O) groups excluding carboxylic acids is 1. The molecule has 0 spiro atoms. The van der Waals surface area contributed by atoms with Crippen LogP contribution in [0.15, 0.2) is 53.4 Å². The predicted octanol–water partition coefficient (Wildman–Crippen LogP) is 3.15. The quantitative estimate of drug-likeness (QED) is 0.865. The summed E-state index contributed by atoms with van der Waals surface area (Å²) in [6, 6.07) is 12.8. The molecular weight excluding hydrogens is 338 g/mol. The van der Waals surface area contributed by atoms with E-state index in [1.807, 2.05) is 0 Å². The Kier molecular flexibility index (Phi) is 5.63. The number of benzene rings is 2. The minimum atomic E-state index is -3.47. The second-order valence-electron chi connectivity index (χ2n) is 4.78. The van der Waals surface area contributed by atoms with Crippen LogP contribution >= 0.6 is 11.6 Å². The van der Waals surface area contributed by atoms with Gasteiger partial charge in [0, 0.05) is 12.1 Å². The van der Waals surface area contributed by atoms with Gasteiger partial charge in [-0.15, -0.1) is 0 Å². The zero-order valence-corrected chi connectivity index (χ0v) is 14.0. The molecule has 0 aliphatic carbocycles. The molecule has 7 heteroatoms. The minimum absolute atomic E-state index is 0.138. The molecular formula is C16H16ClNO4S. The Bertz CT molecular complexity index is 791. The van der Waals surface area contributed by atoms with Crippen LogP contribution in [0.5, 0.6) is 5.75 Å². The number of ether oxygens (including phenoxy) is 1. The molecule has 0 fully saturated rings. The van der Waals surface area contributed by atoms with E-state index in [2.05, 4.69) is 5.32 Å². The van der Waals surface area contributed by atoms with Crippen molar-refractivity contribution in [1.82, 2.24) is 0 Å². The van der Waals surface area contributed by atoms with Crippen molar-refractivity contribution >= 4 is 33.0 Å². The van der Waals surface area contributed by atoms with E-state index >= 15 is 0 Å². The van der Waals surface area contributed by atoms with Gasteiger partial charge >= 0.3 is 0 Å². The lowest BCUT2D eigenvalue weighted by Gasteiger charge is -2.08. The minimum Gasteiger partial charge on any atom is -0.495 e. The Morgan fingerprint density at radius 1 is 1.17 bits per heavy atom. The zero-order valence-electron chi connectivity index (χ0n) is 12.5. The number of anilines is 1. The molecule has 23 heavy (non-hydrogen) atoms. The lowest BCUT2D eigenvalue weighted by molar-refractivity contribution is -0.115. The van der Waals surface area contributed by atoms with Gasteiger partial charge in [-0.2, -0.15) is 0 Å². The Hall–Kier alpha value is -2.05. The molecule has 0 atom stereocenters. The Morgan fingerprint density at radius 3 is 2.48 bits per heavy atom. The zero-order chi connectivity index (χ0) is 16.9. The molecule has 0 saturated carbocycles. The molecule has 0 aromatic heterocycles. The molecule has 2 aromatic rings. The summed E-state index contributed by atoms with van der Waals surface area (Å²) in [5.74, 6) is -0.158. The van der Waals surface area contributed by atoms with Crippen molar-refractivity contribution in [2.24, 2.45) is 0 Å².